The smallest absolute Gasteiger partial charge is 0.337 e. The van der Waals surface area contributed by atoms with Crippen molar-refractivity contribution in [3.05, 3.63) is 136 Å². The summed E-state index contributed by atoms with van der Waals surface area (Å²) in [6.07, 6.45) is 0.689. The first-order valence-electron chi connectivity index (χ1n) is 12.3. The van der Waals surface area contributed by atoms with E-state index in [4.69, 9.17) is 21.1 Å². The minimum Gasteiger partial charge on any atom is -0.493 e. The lowest BCUT2D eigenvalue weighted by atomic mass is 9.98. The normalized spacial score (nSPS) is 11.1. The maximum absolute atomic E-state index is 11.9. The fraction of sp³-hybridized carbons (Fsp3) is 0.156. The first kappa shape index (κ1) is 24.7. The molecule has 1 heterocycles. The van der Waals surface area contributed by atoms with Crippen LogP contribution in [0.5, 0.6) is 5.75 Å². The average Bonchev–Trinajstić information content (AvgIpc) is 3.20. The SMILES string of the molecule is COC(=O)c1cccc(OCCc2c(C)n(C(c3ccccc3)c3ccccc3)c3ccc(Cl)cc23)c1. The first-order chi connectivity index (χ1) is 18.1. The van der Waals surface area contributed by atoms with Crippen molar-refractivity contribution in [3.8, 4) is 5.75 Å². The van der Waals surface area contributed by atoms with E-state index >= 15 is 0 Å². The molecule has 0 unspecified atom stereocenters. The van der Waals surface area contributed by atoms with Gasteiger partial charge < -0.3 is 14.0 Å². The molecule has 0 atom stereocenters. The summed E-state index contributed by atoms with van der Waals surface area (Å²) in [6, 6.07) is 34.3. The summed E-state index contributed by atoms with van der Waals surface area (Å²) in [4.78, 5) is 11.9. The number of ether oxygens (including phenoxy) is 2. The zero-order chi connectivity index (χ0) is 25.8. The summed E-state index contributed by atoms with van der Waals surface area (Å²) >= 11 is 6.47. The molecule has 0 saturated heterocycles. The van der Waals surface area contributed by atoms with Crippen molar-refractivity contribution in [2.75, 3.05) is 13.7 Å². The van der Waals surface area contributed by atoms with E-state index in [1.807, 2.05) is 30.3 Å². The van der Waals surface area contributed by atoms with E-state index in [0.29, 0.717) is 29.4 Å². The minimum absolute atomic E-state index is 0.0116. The van der Waals surface area contributed by atoms with Crippen molar-refractivity contribution in [2.24, 2.45) is 0 Å². The molecule has 0 spiro atoms. The molecule has 1 aromatic heterocycles. The molecule has 0 N–H and O–H groups in total. The van der Waals surface area contributed by atoms with Gasteiger partial charge in [0.2, 0.25) is 0 Å². The Kier molecular flexibility index (Phi) is 7.29. The third kappa shape index (κ3) is 5.11. The molecule has 4 nitrogen and oxygen atoms in total. The lowest BCUT2D eigenvalue weighted by molar-refractivity contribution is 0.0600. The van der Waals surface area contributed by atoms with Gasteiger partial charge in [-0.25, -0.2) is 4.79 Å². The summed E-state index contributed by atoms with van der Waals surface area (Å²) in [6.45, 7) is 2.62. The van der Waals surface area contributed by atoms with Crippen molar-refractivity contribution < 1.29 is 14.3 Å². The number of carbonyl (C=O) groups is 1. The Morgan fingerprint density at radius 1 is 0.865 bits per heavy atom. The average molecular weight is 510 g/mol. The number of hydrogen-bond acceptors (Lipinski definition) is 3. The highest BCUT2D eigenvalue weighted by Crippen LogP contribution is 2.37. The van der Waals surface area contributed by atoms with Gasteiger partial charge in [0.15, 0.2) is 0 Å². The number of carbonyl (C=O) groups excluding carboxylic acids is 1. The third-order valence-electron chi connectivity index (χ3n) is 6.71. The number of fused-ring (bicyclic) bond motifs is 1. The van der Waals surface area contributed by atoms with Crippen LogP contribution < -0.4 is 4.74 Å². The van der Waals surface area contributed by atoms with E-state index in [-0.39, 0.29) is 12.0 Å². The molecule has 186 valence electrons. The topological polar surface area (TPSA) is 40.5 Å². The summed E-state index contributed by atoms with van der Waals surface area (Å²) in [5.74, 6) is 0.251. The van der Waals surface area contributed by atoms with Crippen molar-refractivity contribution in [1.82, 2.24) is 4.57 Å². The van der Waals surface area contributed by atoms with E-state index in [1.54, 1.807) is 18.2 Å². The van der Waals surface area contributed by atoms with Gasteiger partial charge in [-0.2, -0.15) is 0 Å². The molecule has 5 rings (SSSR count). The van der Waals surface area contributed by atoms with Crippen LogP contribution in [0.25, 0.3) is 10.9 Å². The Morgan fingerprint density at radius 2 is 1.54 bits per heavy atom. The second-order valence-electron chi connectivity index (χ2n) is 8.94. The van der Waals surface area contributed by atoms with Crippen LogP contribution in [0.3, 0.4) is 0 Å². The summed E-state index contributed by atoms with van der Waals surface area (Å²) in [5, 5.41) is 1.82. The first-order valence-corrected chi connectivity index (χ1v) is 12.6. The van der Waals surface area contributed by atoms with Gasteiger partial charge in [0.1, 0.15) is 5.75 Å². The third-order valence-corrected chi connectivity index (χ3v) is 6.94. The van der Waals surface area contributed by atoms with Crippen molar-refractivity contribution in [3.63, 3.8) is 0 Å². The lowest BCUT2D eigenvalue weighted by Gasteiger charge is -2.23. The lowest BCUT2D eigenvalue weighted by Crippen LogP contribution is -2.14. The summed E-state index contributed by atoms with van der Waals surface area (Å²) < 4.78 is 13.3. The van der Waals surface area contributed by atoms with Crippen LogP contribution in [0.1, 0.15) is 38.8 Å². The molecule has 0 radical (unpaired) electrons. The highest BCUT2D eigenvalue weighted by atomic mass is 35.5. The number of nitrogens with zero attached hydrogens (tertiary/aromatic N) is 1. The van der Waals surface area contributed by atoms with Crippen LogP contribution in [0.15, 0.2) is 103 Å². The van der Waals surface area contributed by atoms with E-state index < -0.39 is 0 Å². The molecular formula is C32H28ClNO3. The van der Waals surface area contributed by atoms with Gasteiger partial charge >= 0.3 is 5.97 Å². The Labute approximate surface area is 222 Å². The second kappa shape index (κ2) is 10.9. The number of hydrogen-bond donors (Lipinski definition) is 0. The minimum atomic E-state index is -0.383. The molecule has 0 bridgehead atoms. The number of rotatable bonds is 8. The Morgan fingerprint density at radius 3 is 2.19 bits per heavy atom. The predicted octanol–water partition coefficient (Wildman–Crippen LogP) is 7.65. The maximum atomic E-state index is 11.9. The van der Waals surface area contributed by atoms with Crippen LogP contribution in [0, 0.1) is 6.92 Å². The standard InChI is InChI=1S/C32H28ClNO3/c1-22-28(18-19-37-27-15-9-14-25(20-27)32(35)36-2)29-21-26(33)16-17-30(29)34(22)31(23-10-5-3-6-11-23)24-12-7-4-8-13-24/h3-17,20-21,31H,18-19H2,1-2H3. The summed E-state index contributed by atoms with van der Waals surface area (Å²) in [7, 11) is 1.37. The number of halogens is 1. The maximum Gasteiger partial charge on any atom is 0.337 e. The van der Waals surface area contributed by atoms with Crippen LogP contribution in [-0.2, 0) is 11.2 Å². The largest absolute Gasteiger partial charge is 0.493 e. The van der Waals surface area contributed by atoms with Gasteiger partial charge in [0.05, 0.1) is 25.3 Å². The van der Waals surface area contributed by atoms with E-state index in [9.17, 15) is 4.79 Å². The fourth-order valence-corrected chi connectivity index (χ4v) is 5.16. The number of esters is 1. The van der Waals surface area contributed by atoms with Gasteiger partial charge in [-0.05, 0) is 60.0 Å². The molecule has 0 aliphatic heterocycles. The molecule has 0 aliphatic carbocycles. The number of aromatic nitrogens is 1. The molecule has 5 heteroatoms. The summed E-state index contributed by atoms with van der Waals surface area (Å²) in [5.41, 5.74) is 6.38. The molecular weight excluding hydrogens is 482 g/mol. The molecule has 0 amide bonds. The Bertz CT molecular complexity index is 1490. The van der Waals surface area contributed by atoms with Crippen LogP contribution in [0.4, 0.5) is 0 Å². The molecule has 37 heavy (non-hydrogen) atoms. The number of benzene rings is 4. The van der Waals surface area contributed by atoms with Gasteiger partial charge in [0.25, 0.3) is 0 Å². The van der Waals surface area contributed by atoms with Crippen LogP contribution >= 0.6 is 11.6 Å². The Balaban J connectivity index is 1.54. The zero-order valence-corrected chi connectivity index (χ0v) is 21.6. The monoisotopic (exact) mass is 509 g/mol. The predicted molar refractivity (Wildman–Crippen MR) is 149 cm³/mol. The molecule has 0 saturated carbocycles. The molecule has 0 aliphatic rings. The van der Waals surface area contributed by atoms with E-state index in [2.05, 4.69) is 66.1 Å². The molecule has 5 aromatic rings. The zero-order valence-electron chi connectivity index (χ0n) is 20.9. The quantitative estimate of drug-likeness (QED) is 0.202. The molecule has 4 aromatic carbocycles. The highest BCUT2D eigenvalue weighted by molar-refractivity contribution is 6.31. The van der Waals surface area contributed by atoms with Crippen LogP contribution in [-0.4, -0.2) is 24.3 Å². The number of methoxy groups -OCH3 is 1. The second-order valence-corrected chi connectivity index (χ2v) is 9.37. The van der Waals surface area contributed by atoms with Gasteiger partial charge in [-0.15, -0.1) is 0 Å². The fourth-order valence-electron chi connectivity index (χ4n) is 4.99. The van der Waals surface area contributed by atoms with Gasteiger partial charge in [-0.1, -0.05) is 78.3 Å². The van der Waals surface area contributed by atoms with Crippen LogP contribution in [0.2, 0.25) is 5.02 Å². The van der Waals surface area contributed by atoms with Crippen molar-refractivity contribution in [1.29, 1.82) is 0 Å². The highest BCUT2D eigenvalue weighted by Gasteiger charge is 2.23. The van der Waals surface area contributed by atoms with E-state index in [0.717, 1.165) is 10.9 Å². The molecule has 0 fully saturated rings. The van der Waals surface area contributed by atoms with Gasteiger partial charge in [-0.3, -0.25) is 0 Å². The van der Waals surface area contributed by atoms with Gasteiger partial charge in [0, 0.05) is 28.0 Å². The van der Waals surface area contributed by atoms with Crippen molar-refractivity contribution in [2.45, 2.75) is 19.4 Å². The van der Waals surface area contributed by atoms with Crippen molar-refractivity contribution >= 4 is 28.5 Å². The van der Waals surface area contributed by atoms with E-state index in [1.165, 1.54) is 29.5 Å². The Hall–Kier alpha value is -4.02.